The Kier molecular flexibility index (Phi) is 3.66. The SMILES string of the molecule is COc1ccc(C=Cc2csc(N)n2)cc1Cl. The number of ether oxygens (including phenoxy) is 1. The van der Waals surface area contributed by atoms with Crippen molar-refractivity contribution in [2.75, 3.05) is 12.8 Å². The minimum absolute atomic E-state index is 0.567. The van der Waals surface area contributed by atoms with Crippen molar-refractivity contribution in [1.29, 1.82) is 0 Å². The fourth-order valence-corrected chi connectivity index (χ4v) is 2.14. The Morgan fingerprint density at radius 3 is 2.82 bits per heavy atom. The van der Waals surface area contributed by atoms with Crippen LogP contribution in [-0.2, 0) is 0 Å². The molecule has 1 aromatic carbocycles. The number of hydrogen-bond donors (Lipinski definition) is 1. The van der Waals surface area contributed by atoms with Gasteiger partial charge in [0.2, 0.25) is 0 Å². The fourth-order valence-electron chi connectivity index (χ4n) is 1.35. The van der Waals surface area contributed by atoms with Gasteiger partial charge in [0, 0.05) is 5.38 Å². The summed E-state index contributed by atoms with van der Waals surface area (Å²) in [4.78, 5) is 4.13. The van der Waals surface area contributed by atoms with E-state index in [-0.39, 0.29) is 0 Å². The van der Waals surface area contributed by atoms with E-state index >= 15 is 0 Å². The molecule has 2 N–H and O–H groups in total. The highest BCUT2D eigenvalue weighted by molar-refractivity contribution is 7.13. The molecule has 0 amide bonds. The van der Waals surface area contributed by atoms with Gasteiger partial charge >= 0.3 is 0 Å². The molecular weight excluding hydrogens is 256 g/mol. The summed E-state index contributed by atoms with van der Waals surface area (Å²) in [5.74, 6) is 0.668. The van der Waals surface area contributed by atoms with Gasteiger partial charge in [-0.25, -0.2) is 4.98 Å². The lowest BCUT2D eigenvalue weighted by Crippen LogP contribution is -1.84. The third-order valence-corrected chi connectivity index (χ3v) is 3.15. The van der Waals surface area contributed by atoms with E-state index in [1.165, 1.54) is 11.3 Å². The number of thiazole rings is 1. The van der Waals surface area contributed by atoms with Gasteiger partial charge in [-0.15, -0.1) is 11.3 Å². The van der Waals surface area contributed by atoms with Crippen LogP contribution in [0.5, 0.6) is 5.75 Å². The molecule has 1 aromatic heterocycles. The number of benzene rings is 1. The maximum atomic E-state index is 6.02. The summed E-state index contributed by atoms with van der Waals surface area (Å²) in [6.07, 6.45) is 3.82. The second-order valence-electron chi connectivity index (χ2n) is 3.34. The lowest BCUT2D eigenvalue weighted by molar-refractivity contribution is 0.415. The summed E-state index contributed by atoms with van der Waals surface area (Å²) in [6.45, 7) is 0. The van der Waals surface area contributed by atoms with Crippen LogP contribution in [-0.4, -0.2) is 12.1 Å². The monoisotopic (exact) mass is 266 g/mol. The molecule has 3 nitrogen and oxygen atoms in total. The van der Waals surface area contributed by atoms with Crippen molar-refractivity contribution in [2.45, 2.75) is 0 Å². The van der Waals surface area contributed by atoms with Crippen molar-refractivity contribution >= 4 is 40.2 Å². The molecule has 0 aliphatic carbocycles. The number of hydrogen-bond acceptors (Lipinski definition) is 4. The molecule has 0 saturated heterocycles. The Hall–Kier alpha value is -1.52. The first kappa shape index (κ1) is 12.0. The minimum Gasteiger partial charge on any atom is -0.495 e. The quantitative estimate of drug-likeness (QED) is 0.924. The number of anilines is 1. The Morgan fingerprint density at radius 1 is 1.41 bits per heavy atom. The number of nitrogens with two attached hydrogens (primary N) is 1. The van der Waals surface area contributed by atoms with E-state index in [0.29, 0.717) is 15.9 Å². The first-order chi connectivity index (χ1) is 8.19. The molecule has 1 heterocycles. The lowest BCUT2D eigenvalue weighted by atomic mass is 10.2. The van der Waals surface area contributed by atoms with Gasteiger partial charge in [-0.3, -0.25) is 0 Å². The van der Waals surface area contributed by atoms with Gasteiger partial charge < -0.3 is 10.5 Å². The number of nitrogens with zero attached hydrogens (tertiary/aromatic N) is 1. The molecule has 0 unspecified atom stereocenters. The van der Waals surface area contributed by atoms with E-state index in [2.05, 4.69) is 4.98 Å². The maximum absolute atomic E-state index is 6.02. The van der Waals surface area contributed by atoms with Crippen molar-refractivity contribution in [1.82, 2.24) is 4.98 Å². The van der Waals surface area contributed by atoms with Crippen molar-refractivity contribution in [3.05, 3.63) is 39.9 Å². The molecule has 2 aromatic rings. The fraction of sp³-hybridized carbons (Fsp3) is 0.0833. The second kappa shape index (κ2) is 5.21. The first-order valence-electron chi connectivity index (χ1n) is 4.91. The summed E-state index contributed by atoms with van der Waals surface area (Å²) in [5, 5.41) is 3.06. The number of methoxy groups -OCH3 is 1. The standard InChI is InChI=1S/C12H11ClN2OS/c1-16-11-5-3-8(6-10(11)13)2-4-9-7-17-12(14)15-9/h2-7H,1H3,(H2,14,15). The van der Waals surface area contributed by atoms with Crippen LogP contribution >= 0.6 is 22.9 Å². The second-order valence-corrected chi connectivity index (χ2v) is 4.63. The normalized spacial score (nSPS) is 10.9. The summed E-state index contributed by atoms with van der Waals surface area (Å²) < 4.78 is 5.08. The molecule has 0 radical (unpaired) electrons. The molecule has 5 heteroatoms. The number of rotatable bonds is 3. The van der Waals surface area contributed by atoms with Crippen LogP contribution in [0.15, 0.2) is 23.6 Å². The molecule has 0 atom stereocenters. The van der Waals surface area contributed by atoms with Gasteiger partial charge in [-0.1, -0.05) is 23.7 Å². The number of nitrogen functional groups attached to an aromatic ring is 1. The number of aromatic nitrogens is 1. The molecule has 0 fully saturated rings. The molecule has 0 bridgehead atoms. The molecule has 0 spiro atoms. The van der Waals surface area contributed by atoms with Gasteiger partial charge in [-0.2, -0.15) is 0 Å². The van der Waals surface area contributed by atoms with Crippen molar-refractivity contribution in [3.63, 3.8) is 0 Å². The van der Waals surface area contributed by atoms with Crippen LogP contribution in [0.4, 0.5) is 5.13 Å². The minimum atomic E-state index is 0.567. The van der Waals surface area contributed by atoms with Gasteiger partial charge in [0.15, 0.2) is 5.13 Å². The number of halogens is 1. The van der Waals surface area contributed by atoms with Crippen LogP contribution in [0, 0.1) is 0 Å². The molecule has 88 valence electrons. The summed E-state index contributed by atoms with van der Waals surface area (Å²) in [7, 11) is 1.59. The molecule has 2 rings (SSSR count). The van der Waals surface area contributed by atoms with E-state index in [1.807, 2.05) is 35.7 Å². The third kappa shape index (κ3) is 2.99. The Balaban J connectivity index is 2.19. The Bertz CT molecular complexity index is 551. The van der Waals surface area contributed by atoms with E-state index in [4.69, 9.17) is 22.1 Å². The Labute approximate surface area is 109 Å². The summed E-state index contributed by atoms with van der Waals surface area (Å²) >= 11 is 7.44. The van der Waals surface area contributed by atoms with E-state index < -0.39 is 0 Å². The lowest BCUT2D eigenvalue weighted by Gasteiger charge is -2.02. The zero-order chi connectivity index (χ0) is 12.3. The Morgan fingerprint density at radius 2 is 2.24 bits per heavy atom. The molecule has 0 saturated carbocycles. The van der Waals surface area contributed by atoms with Crippen LogP contribution in [0.2, 0.25) is 5.02 Å². The molecular formula is C12H11ClN2OS. The smallest absolute Gasteiger partial charge is 0.180 e. The topological polar surface area (TPSA) is 48.1 Å². The highest BCUT2D eigenvalue weighted by Crippen LogP contribution is 2.25. The molecule has 0 aliphatic rings. The summed E-state index contributed by atoms with van der Waals surface area (Å²) in [5.41, 5.74) is 7.38. The van der Waals surface area contributed by atoms with Crippen molar-refractivity contribution < 1.29 is 4.74 Å². The van der Waals surface area contributed by atoms with Crippen molar-refractivity contribution in [2.24, 2.45) is 0 Å². The van der Waals surface area contributed by atoms with Gasteiger partial charge in [0.1, 0.15) is 5.75 Å². The third-order valence-electron chi connectivity index (χ3n) is 2.16. The van der Waals surface area contributed by atoms with E-state index in [0.717, 1.165) is 11.3 Å². The summed E-state index contributed by atoms with van der Waals surface area (Å²) in [6, 6.07) is 5.60. The average molecular weight is 267 g/mol. The zero-order valence-corrected chi connectivity index (χ0v) is 10.8. The molecule has 0 aliphatic heterocycles. The van der Waals surface area contributed by atoms with Gasteiger partial charge in [0.25, 0.3) is 0 Å². The van der Waals surface area contributed by atoms with Crippen LogP contribution in [0.1, 0.15) is 11.3 Å². The predicted octanol–water partition coefficient (Wildman–Crippen LogP) is 3.56. The first-order valence-corrected chi connectivity index (χ1v) is 6.17. The van der Waals surface area contributed by atoms with Crippen LogP contribution in [0.25, 0.3) is 12.2 Å². The van der Waals surface area contributed by atoms with Crippen LogP contribution in [0.3, 0.4) is 0 Å². The van der Waals surface area contributed by atoms with E-state index in [1.54, 1.807) is 7.11 Å². The van der Waals surface area contributed by atoms with Crippen molar-refractivity contribution in [3.8, 4) is 5.75 Å². The average Bonchev–Trinajstić information content (AvgIpc) is 2.73. The van der Waals surface area contributed by atoms with E-state index in [9.17, 15) is 0 Å². The zero-order valence-electron chi connectivity index (χ0n) is 9.18. The highest BCUT2D eigenvalue weighted by Gasteiger charge is 2.00. The van der Waals surface area contributed by atoms with Gasteiger partial charge in [0.05, 0.1) is 17.8 Å². The maximum Gasteiger partial charge on any atom is 0.180 e. The largest absolute Gasteiger partial charge is 0.495 e. The van der Waals surface area contributed by atoms with Crippen LogP contribution < -0.4 is 10.5 Å². The molecule has 17 heavy (non-hydrogen) atoms. The highest BCUT2D eigenvalue weighted by atomic mass is 35.5. The van der Waals surface area contributed by atoms with Gasteiger partial charge in [-0.05, 0) is 23.8 Å². The predicted molar refractivity (Wildman–Crippen MR) is 73.5 cm³/mol.